The highest BCUT2D eigenvalue weighted by molar-refractivity contribution is 5.94. The van der Waals surface area contributed by atoms with Crippen molar-refractivity contribution in [2.45, 2.75) is 19.1 Å². The lowest BCUT2D eigenvalue weighted by molar-refractivity contribution is -0.135. The number of piperazine rings is 1. The Labute approximate surface area is 163 Å². The van der Waals surface area contributed by atoms with E-state index in [4.69, 9.17) is 10.00 Å². The summed E-state index contributed by atoms with van der Waals surface area (Å²) in [6.45, 7) is 3.73. The topological polar surface area (TPSA) is 73.6 Å². The Kier molecular flexibility index (Phi) is 5.09. The highest BCUT2D eigenvalue weighted by Crippen LogP contribution is 2.33. The van der Waals surface area contributed by atoms with E-state index in [1.54, 1.807) is 12.1 Å². The third-order valence-electron chi connectivity index (χ3n) is 5.35. The number of hydrogen-bond acceptors (Lipinski definition) is 5. The summed E-state index contributed by atoms with van der Waals surface area (Å²) in [7, 11) is 0. The second kappa shape index (κ2) is 7.83. The van der Waals surface area contributed by atoms with Gasteiger partial charge in [-0.05, 0) is 23.8 Å². The third kappa shape index (κ3) is 3.75. The van der Waals surface area contributed by atoms with Crippen molar-refractivity contribution in [3.63, 3.8) is 0 Å². The van der Waals surface area contributed by atoms with Crippen molar-refractivity contribution >= 4 is 11.9 Å². The number of esters is 1. The van der Waals surface area contributed by atoms with Gasteiger partial charge in [0, 0.05) is 38.3 Å². The van der Waals surface area contributed by atoms with E-state index in [1.807, 2.05) is 41.3 Å². The molecule has 0 radical (unpaired) electrons. The summed E-state index contributed by atoms with van der Waals surface area (Å²) in [5.41, 5.74) is 3.19. The lowest BCUT2D eigenvalue weighted by atomic mass is 10.0. The van der Waals surface area contributed by atoms with Crippen LogP contribution < -0.4 is 0 Å². The van der Waals surface area contributed by atoms with Crippen molar-refractivity contribution in [2.24, 2.45) is 0 Å². The molecule has 28 heavy (non-hydrogen) atoms. The van der Waals surface area contributed by atoms with Crippen molar-refractivity contribution in [3.05, 3.63) is 70.8 Å². The Morgan fingerprint density at radius 3 is 2.50 bits per heavy atom. The normalized spacial score (nSPS) is 19.0. The highest BCUT2D eigenvalue weighted by atomic mass is 16.5. The molecule has 1 atom stereocenters. The van der Waals surface area contributed by atoms with Gasteiger partial charge in [0.05, 0.1) is 23.6 Å². The van der Waals surface area contributed by atoms with Gasteiger partial charge in [0.15, 0.2) is 0 Å². The van der Waals surface area contributed by atoms with E-state index in [9.17, 15) is 9.59 Å². The first kappa shape index (κ1) is 18.2. The molecule has 2 heterocycles. The molecule has 2 aromatic rings. The second-order valence-electron chi connectivity index (χ2n) is 7.15. The van der Waals surface area contributed by atoms with Crippen LogP contribution in [0.25, 0.3) is 0 Å². The summed E-state index contributed by atoms with van der Waals surface area (Å²) < 4.78 is 5.39. The van der Waals surface area contributed by atoms with Crippen LogP contribution in [0, 0.1) is 11.3 Å². The Morgan fingerprint density at radius 2 is 1.79 bits per heavy atom. The van der Waals surface area contributed by atoms with Crippen molar-refractivity contribution < 1.29 is 14.3 Å². The van der Waals surface area contributed by atoms with Gasteiger partial charge < -0.3 is 9.64 Å². The zero-order valence-corrected chi connectivity index (χ0v) is 15.5. The van der Waals surface area contributed by atoms with Crippen LogP contribution in [0.15, 0.2) is 48.5 Å². The molecule has 1 fully saturated rings. The predicted molar refractivity (Wildman–Crippen MR) is 102 cm³/mol. The van der Waals surface area contributed by atoms with Crippen molar-refractivity contribution in [1.29, 1.82) is 5.26 Å². The number of amides is 1. The smallest absolute Gasteiger partial charge is 0.339 e. The fourth-order valence-corrected chi connectivity index (χ4v) is 3.76. The van der Waals surface area contributed by atoms with Crippen molar-refractivity contribution in [1.82, 2.24) is 9.80 Å². The zero-order chi connectivity index (χ0) is 19.5. The van der Waals surface area contributed by atoms with Gasteiger partial charge in [0.1, 0.15) is 6.10 Å². The molecule has 6 heteroatoms. The molecule has 4 rings (SSSR count). The molecule has 2 aromatic carbocycles. The van der Waals surface area contributed by atoms with Crippen molar-refractivity contribution in [3.8, 4) is 6.07 Å². The number of ether oxygens (including phenoxy) is 1. The van der Waals surface area contributed by atoms with Crippen LogP contribution in [0.5, 0.6) is 0 Å². The lowest BCUT2D eigenvalue weighted by Gasteiger charge is -2.35. The minimum atomic E-state index is -0.479. The van der Waals surface area contributed by atoms with E-state index in [1.165, 1.54) is 0 Å². The summed E-state index contributed by atoms with van der Waals surface area (Å²) in [6, 6.07) is 17.0. The minimum absolute atomic E-state index is 0.0209. The number of cyclic esters (lactones) is 1. The Balaban J connectivity index is 1.30. The average molecular weight is 375 g/mol. The van der Waals surface area contributed by atoms with Crippen LogP contribution in [0.3, 0.4) is 0 Å². The summed E-state index contributed by atoms with van der Waals surface area (Å²) in [6.07, 6.45) is -0.286. The molecule has 0 unspecified atom stereocenters. The molecule has 142 valence electrons. The van der Waals surface area contributed by atoms with Gasteiger partial charge >= 0.3 is 5.97 Å². The number of hydrogen-bond donors (Lipinski definition) is 0. The van der Waals surface area contributed by atoms with Gasteiger partial charge in [0.2, 0.25) is 5.91 Å². The number of nitrogens with zero attached hydrogens (tertiary/aromatic N) is 3. The molecule has 1 saturated heterocycles. The SMILES string of the molecule is N#Cc1ccc(CN2CCN(C(=O)C[C@@H]3OC(=O)c4ccccc43)CC2)cc1. The summed E-state index contributed by atoms with van der Waals surface area (Å²) >= 11 is 0. The van der Waals surface area contributed by atoms with Gasteiger partial charge in [-0.1, -0.05) is 30.3 Å². The predicted octanol–water partition coefficient (Wildman–Crippen LogP) is 2.50. The number of nitriles is 1. The maximum atomic E-state index is 12.7. The van der Waals surface area contributed by atoms with Crippen LogP contribution in [-0.4, -0.2) is 47.9 Å². The number of carbonyl (C=O) groups is 2. The lowest BCUT2D eigenvalue weighted by Crippen LogP contribution is -2.48. The van der Waals surface area contributed by atoms with E-state index < -0.39 is 6.10 Å². The van der Waals surface area contributed by atoms with Crippen LogP contribution >= 0.6 is 0 Å². The van der Waals surface area contributed by atoms with Gasteiger partial charge in [0.25, 0.3) is 0 Å². The van der Waals surface area contributed by atoms with E-state index in [0.29, 0.717) is 24.2 Å². The fourth-order valence-electron chi connectivity index (χ4n) is 3.76. The van der Waals surface area contributed by atoms with Gasteiger partial charge in [-0.3, -0.25) is 9.69 Å². The second-order valence-corrected chi connectivity index (χ2v) is 7.15. The highest BCUT2D eigenvalue weighted by Gasteiger charge is 2.33. The molecule has 6 nitrogen and oxygen atoms in total. The third-order valence-corrected chi connectivity index (χ3v) is 5.35. The van der Waals surface area contributed by atoms with Gasteiger partial charge in [-0.25, -0.2) is 4.79 Å². The first-order chi connectivity index (χ1) is 13.6. The van der Waals surface area contributed by atoms with E-state index >= 15 is 0 Å². The molecule has 0 aromatic heterocycles. The number of rotatable bonds is 4. The molecular weight excluding hydrogens is 354 g/mol. The molecule has 2 aliphatic heterocycles. The monoisotopic (exact) mass is 375 g/mol. The summed E-state index contributed by atoms with van der Waals surface area (Å²) in [5.74, 6) is -0.326. The molecule has 0 saturated carbocycles. The van der Waals surface area contributed by atoms with Gasteiger partial charge in [-0.2, -0.15) is 5.26 Å². The molecule has 2 aliphatic rings. The number of carbonyl (C=O) groups excluding carboxylic acids is 2. The maximum absolute atomic E-state index is 12.7. The zero-order valence-electron chi connectivity index (χ0n) is 15.5. The Morgan fingerprint density at radius 1 is 1.07 bits per heavy atom. The molecule has 0 N–H and O–H groups in total. The Hall–Kier alpha value is -3.17. The van der Waals surface area contributed by atoms with Crippen molar-refractivity contribution in [2.75, 3.05) is 26.2 Å². The van der Waals surface area contributed by atoms with E-state index in [2.05, 4.69) is 11.0 Å². The summed E-state index contributed by atoms with van der Waals surface area (Å²) in [5, 5.41) is 8.88. The molecule has 0 spiro atoms. The fraction of sp³-hybridized carbons (Fsp3) is 0.318. The standard InChI is InChI=1S/C22H21N3O3/c23-14-16-5-7-17(8-6-16)15-24-9-11-25(12-10-24)21(26)13-20-18-3-1-2-4-19(18)22(27)28-20/h1-8,20H,9-13,15H2/t20-/m0/s1. The van der Waals surface area contributed by atoms with Crippen LogP contribution in [0.2, 0.25) is 0 Å². The number of benzene rings is 2. The van der Waals surface area contributed by atoms with Crippen LogP contribution in [0.1, 0.15) is 39.6 Å². The molecule has 1 amide bonds. The summed E-state index contributed by atoms with van der Waals surface area (Å²) in [4.78, 5) is 28.8. The average Bonchev–Trinajstić information content (AvgIpc) is 3.05. The van der Waals surface area contributed by atoms with Gasteiger partial charge in [-0.15, -0.1) is 0 Å². The maximum Gasteiger partial charge on any atom is 0.339 e. The Bertz CT molecular complexity index is 925. The van der Waals surface area contributed by atoms with Crippen LogP contribution in [-0.2, 0) is 16.1 Å². The molecule has 0 aliphatic carbocycles. The minimum Gasteiger partial charge on any atom is -0.453 e. The van der Waals surface area contributed by atoms with E-state index in [-0.39, 0.29) is 18.3 Å². The first-order valence-corrected chi connectivity index (χ1v) is 9.43. The first-order valence-electron chi connectivity index (χ1n) is 9.43. The van der Waals surface area contributed by atoms with E-state index in [0.717, 1.165) is 30.8 Å². The quantitative estimate of drug-likeness (QED) is 0.768. The molecule has 0 bridgehead atoms. The largest absolute Gasteiger partial charge is 0.453 e. The molecular formula is C22H21N3O3. The number of fused-ring (bicyclic) bond motifs is 1. The van der Waals surface area contributed by atoms with Crippen LogP contribution in [0.4, 0.5) is 0 Å².